The van der Waals surface area contributed by atoms with Crippen molar-refractivity contribution in [2.75, 3.05) is 13.1 Å². The molecule has 9 heavy (non-hydrogen) atoms. The van der Waals surface area contributed by atoms with E-state index in [2.05, 4.69) is 5.32 Å². The van der Waals surface area contributed by atoms with E-state index in [0.29, 0.717) is 6.04 Å². The first-order chi connectivity index (χ1) is 4.31. The molecule has 1 unspecified atom stereocenters. The Labute approximate surface area is 55.8 Å². The summed E-state index contributed by atoms with van der Waals surface area (Å²) in [5.41, 5.74) is 5.47. The molecule has 1 rings (SSSR count). The summed E-state index contributed by atoms with van der Waals surface area (Å²) in [5, 5.41) is 10.5. The van der Waals surface area contributed by atoms with Gasteiger partial charge in [-0.3, -0.25) is 0 Å². The Hall–Kier alpha value is -0.590. The number of nitriles is 1. The van der Waals surface area contributed by atoms with Crippen molar-refractivity contribution in [1.82, 2.24) is 5.32 Å². The summed E-state index contributed by atoms with van der Waals surface area (Å²) in [6, 6.07) is 2.19. The second kappa shape index (κ2) is 5.54. The fourth-order valence-electron chi connectivity index (χ4n) is 0.677. The first-order valence-electron chi connectivity index (χ1n) is 3.08. The van der Waals surface area contributed by atoms with Crippen molar-refractivity contribution in [3.63, 3.8) is 0 Å². The Bertz CT molecular complexity index is 89.0. The number of nitrogens with zero attached hydrogens (tertiary/aromatic N) is 1. The number of nitrogens with one attached hydrogen (secondary N) is 1. The zero-order valence-electron chi connectivity index (χ0n) is 5.72. The maximum atomic E-state index is 7.32. The number of hydrogen-bond donors (Lipinski definition) is 2. The van der Waals surface area contributed by atoms with Crippen LogP contribution in [0.5, 0.6) is 0 Å². The highest BCUT2D eigenvalue weighted by molar-refractivity contribution is 4.72. The Morgan fingerprint density at radius 1 is 1.78 bits per heavy atom. The number of nitrogens with two attached hydrogens (primary N) is 1. The summed E-state index contributed by atoms with van der Waals surface area (Å²) in [4.78, 5) is 0. The predicted octanol–water partition coefficient (Wildman–Crippen LogP) is -0.163. The third-order valence-corrected chi connectivity index (χ3v) is 1.10. The standard InChI is InChI=1S/C4H10N2.C2H3N/c5-4-1-2-6-3-4;1-2-3/h4,6H,1-3,5H2;1H3. The molecule has 0 saturated carbocycles. The van der Waals surface area contributed by atoms with Crippen molar-refractivity contribution in [2.45, 2.75) is 19.4 Å². The maximum Gasteiger partial charge on any atom is 0.0587 e. The van der Waals surface area contributed by atoms with Crippen molar-refractivity contribution >= 4 is 0 Å². The second-order valence-electron chi connectivity index (χ2n) is 1.98. The molecule has 0 radical (unpaired) electrons. The van der Waals surface area contributed by atoms with Crippen molar-refractivity contribution in [1.29, 1.82) is 5.26 Å². The summed E-state index contributed by atoms with van der Waals surface area (Å²) in [7, 11) is 0. The highest BCUT2D eigenvalue weighted by Gasteiger charge is 2.06. The minimum absolute atomic E-state index is 0.435. The summed E-state index contributed by atoms with van der Waals surface area (Å²) >= 11 is 0. The number of rotatable bonds is 0. The highest BCUT2D eigenvalue weighted by Crippen LogP contribution is 1.90. The summed E-state index contributed by atoms with van der Waals surface area (Å²) in [6.45, 7) is 3.56. The van der Waals surface area contributed by atoms with Gasteiger partial charge in [-0.25, -0.2) is 0 Å². The van der Waals surface area contributed by atoms with Crippen LogP contribution in [0, 0.1) is 11.3 Å². The highest BCUT2D eigenvalue weighted by atomic mass is 14.9. The zero-order chi connectivity index (χ0) is 7.11. The van der Waals surface area contributed by atoms with Gasteiger partial charge in [0.15, 0.2) is 0 Å². The Kier molecular flexibility index (Phi) is 5.18. The van der Waals surface area contributed by atoms with E-state index in [4.69, 9.17) is 11.0 Å². The van der Waals surface area contributed by atoms with E-state index >= 15 is 0 Å². The quantitative estimate of drug-likeness (QED) is 0.475. The molecule has 0 aliphatic carbocycles. The first kappa shape index (κ1) is 8.41. The Morgan fingerprint density at radius 3 is 2.44 bits per heavy atom. The lowest BCUT2D eigenvalue weighted by Crippen LogP contribution is -2.21. The van der Waals surface area contributed by atoms with Gasteiger partial charge >= 0.3 is 0 Å². The van der Waals surface area contributed by atoms with Gasteiger partial charge in [0, 0.05) is 19.5 Å². The fourth-order valence-corrected chi connectivity index (χ4v) is 0.677. The molecule has 3 nitrogen and oxygen atoms in total. The van der Waals surface area contributed by atoms with Crippen LogP contribution in [0.3, 0.4) is 0 Å². The molecular weight excluding hydrogens is 114 g/mol. The lowest BCUT2D eigenvalue weighted by molar-refractivity contribution is 0.742. The lowest BCUT2D eigenvalue weighted by atomic mass is 10.3. The van der Waals surface area contributed by atoms with Gasteiger partial charge < -0.3 is 11.1 Å². The number of hydrogen-bond acceptors (Lipinski definition) is 3. The van der Waals surface area contributed by atoms with Crippen LogP contribution in [0.4, 0.5) is 0 Å². The molecule has 0 aromatic carbocycles. The molecule has 0 bridgehead atoms. The van der Waals surface area contributed by atoms with Crippen molar-refractivity contribution in [2.24, 2.45) is 5.73 Å². The van der Waals surface area contributed by atoms with Gasteiger partial charge in [0.25, 0.3) is 0 Å². The fraction of sp³-hybridized carbons (Fsp3) is 0.833. The summed E-state index contributed by atoms with van der Waals surface area (Å²) in [6.07, 6.45) is 1.15. The molecule has 0 aromatic rings. The maximum absolute atomic E-state index is 7.32. The minimum Gasteiger partial charge on any atom is -0.327 e. The van der Waals surface area contributed by atoms with Crippen molar-refractivity contribution in [3.05, 3.63) is 0 Å². The molecular formula is C6H13N3. The van der Waals surface area contributed by atoms with E-state index in [1.54, 1.807) is 6.07 Å². The molecule has 0 amide bonds. The normalized spacial score (nSPS) is 23.9. The molecule has 1 aliphatic rings. The lowest BCUT2D eigenvalue weighted by Gasteiger charge is -1.91. The average molecular weight is 127 g/mol. The van der Waals surface area contributed by atoms with Crippen LogP contribution in [0.2, 0.25) is 0 Å². The predicted molar refractivity (Wildman–Crippen MR) is 36.7 cm³/mol. The van der Waals surface area contributed by atoms with E-state index in [9.17, 15) is 0 Å². The van der Waals surface area contributed by atoms with Gasteiger partial charge in [-0.2, -0.15) is 5.26 Å². The molecule has 52 valence electrons. The topological polar surface area (TPSA) is 61.8 Å². The molecule has 1 saturated heterocycles. The smallest absolute Gasteiger partial charge is 0.0587 e. The van der Waals surface area contributed by atoms with Crippen LogP contribution < -0.4 is 11.1 Å². The first-order valence-corrected chi connectivity index (χ1v) is 3.08. The minimum atomic E-state index is 0.435. The van der Waals surface area contributed by atoms with Gasteiger partial charge in [0.2, 0.25) is 0 Å². The molecule has 0 aromatic heterocycles. The Balaban J connectivity index is 0.000000187. The third kappa shape index (κ3) is 5.28. The largest absolute Gasteiger partial charge is 0.327 e. The zero-order valence-corrected chi connectivity index (χ0v) is 5.72. The molecule has 1 fully saturated rings. The molecule has 1 aliphatic heterocycles. The molecule has 3 N–H and O–H groups in total. The summed E-state index contributed by atoms with van der Waals surface area (Å²) in [5.74, 6) is 0. The van der Waals surface area contributed by atoms with E-state index in [1.807, 2.05) is 0 Å². The second-order valence-corrected chi connectivity index (χ2v) is 1.98. The summed E-state index contributed by atoms with van der Waals surface area (Å²) < 4.78 is 0. The van der Waals surface area contributed by atoms with E-state index in [-0.39, 0.29) is 0 Å². The van der Waals surface area contributed by atoms with Gasteiger partial charge in [0.05, 0.1) is 6.07 Å². The van der Waals surface area contributed by atoms with Crippen molar-refractivity contribution < 1.29 is 0 Å². The molecule has 0 spiro atoms. The van der Waals surface area contributed by atoms with E-state index in [0.717, 1.165) is 19.5 Å². The van der Waals surface area contributed by atoms with Crippen LogP contribution in [-0.4, -0.2) is 19.1 Å². The van der Waals surface area contributed by atoms with Gasteiger partial charge in [-0.05, 0) is 13.0 Å². The van der Waals surface area contributed by atoms with Crippen LogP contribution in [0.25, 0.3) is 0 Å². The molecule has 3 heteroatoms. The van der Waals surface area contributed by atoms with Crippen LogP contribution in [-0.2, 0) is 0 Å². The van der Waals surface area contributed by atoms with Gasteiger partial charge in [-0.1, -0.05) is 0 Å². The van der Waals surface area contributed by atoms with Crippen LogP contribution in [0.15, 0.2) is 0 Å². The van der Waals surface area contributed by atoms with Crippen molar-refractivity contribution in [3.8, 4) is 6.07 Å². The van der Waals surface area contributed by atoms with Gasteiger partial charge in [-0.15, -0.1) is 0 Å². The molecule has 1 atom stereocenters. The van der Waals surface area contributed by atoms with E-state index < -0.39 is 0 Å². The van der Waals surface area contributed by atoms with Crippen LogP contribution in [0.1, 0.15) is 13.3 Å². The monoisotopic (exact) mass is 127 g/mol. The Morgan fingerprint density at radius 2 is 2.33 bits per heavy atom. The van der Waals surface area contributed by atoms with Gasteiger partial charge in [0.1, 0.15) is 0 Å². The molecule has 1 heterocycles. The van der Waals surface area contributed by atoms with E-state index in [1.165, 1.54) is 6.92 Å². The average Bonchev–Trinajstić information content (AvgIpc) is 2.20. The van der Waals surface area contributed by atoms with Crippen LogP contribution >= 0.6 is 0 Å². The SMILES string of the molecule is CC#N.NC1CCNC1. The third-order valence-electron chi connectivity index (χ3n) is 1.10.